The van der Waals surface area contributed by atoms with E-state index in [-0.39, 0.29) is 0 Å². The lowest BCUT2D eigenvalue weighted by Crippen LogP contribution is -2.25. The molecule has 0 aromatic carbocycles. The lowest BCUT2D eigenvalue weighted by atomic mass is 9.96. The SMILES string of the molecule is CCCNc1nc(OC2CCC2)c2[nH]cnc2n1. The molecule has 2 aromatic heterocycles. The van der Waals surface area contributed by atoms with Gasteiger partial charge in [-0.15, -0.1) is 0 Å². The van der Waals surface area contributed by atoms with Gasteiger partial charge in [0.25, 0.3) is 0 Å². The Bertz CT molecular complexity index is 534. The van der Waals surface area contributed by atoms with Crippen LogP contribution in [0.2, 0.25) is 0 Å². The summed E-state index contributed by atoms with van der Waals surface area (Å²) in [7, 11) is 0. The second-order valence-electron chi connectivity index (χ2n) is 4.55. The fourth-order valence-corrected chi connectivity index (χ4v) is 1.85. The van der Waals surface area contributed by atoms with Gasteiger partial charge in [0.15, 0.2) is 5.65 Å². The van der Waals surface area contributed by atoms with Gasteiger partial charge in [-0.3, -0.25) is 0 Å². The van der Waals surface area contributed by atoms with Gasteiger partial charge >= 0.3 is 0 Å². The zero-order valence-electron chi connectivity index (χ0n) is 10.4. The van der Waals surface area contributed by atoms with Crippen LogP contribution >= 0.6 is 0 Å². The van der Waals surface area contributed by atoms with Gasteiger partial charge in [0, 0.05) is 6.54 Å². The van der Waals surface area contributed by atoms with Crippen LogP contribution in [0.5, 0.6) is 5.88 Å². The molecular formula is C12H17N5O. The number of H-pyrrole nitrogens is 1. The standard InChI is InChI=1S/C12H17N5O/c1-2-6-13-12-16-10-9(14-7-15-10)11(17-12)18-8-4-3-5-8/h7-8H,2-6H2,1H3,(H2,13,14,15,16,17). The Labute approximate surface area is 105 Å². The zero-order valence-corrected chi connectivity index (χ0v) is 10.4. The van der Waals surface area contributed by atoms with Crippen LogP contribution in [0.1, 0.15) is 32.6 Å². The van der Waals surface area contributed by atoms with Gasteiger partial charge in [0.2, 0.25) is 11.8 Å². The number of nitrogens with one attached hydrogen (secondary N) is 2. The Balaban J connectivity index is 1.89. The third-order valence-electron chi connectivity index (χ3n) is 3.12. The first kappa shape index (κ1) is 11.3. The summed E-state index contributed by atoms with van der Waals surface area (Å²) in [5.41, 5.74) is 1.43. The van der Waals surface area contributed by atoms with Crippen molar-refractivity contribution in [3.8, 4) is 5.88 Å². The van der Waals surface area contributed by atoms with Gasteiger partial charge in [-0.25, -0.2) is 4.98 Å². The first-order valence-electron chi connectivity index (χ1n) is 6.48. The quantitative estimate of drug-likeness (QED) is 0.846. The average Bonchev–Trinajstić information content (AvgIpc) is 2.79. The van der Waals surface area contributed by atoms with Crippen molar-refractivity contribution in [2.75, 3.05) is 11.9 Å². The van der Waals surface area contributed by atoms with Crippen LogP contribution in [0.3, 0.4) is 0 Å². The summed E-state index contributed by atoms with van der Waals surface area (Å²) in [4.78, 5) is 16.0. The molecule has 0 bridgehead atoms. The Morgan fingerprint density at radius 1 is 1.44 bits per heavy atom. The van der Waals surface area contributed by atoms with E-state index in [1.165, 1.54) is 6.42 Å². The molecule has 1 aliphatic rings. The second kappa shape index (κ2) is 4.80. The number of imidazole rings is 1. The minimum atomic E-state index is 0.297. The van der Waals surface area contributed by atoms with Crippen LogP contribution in [-0.2, 0) is 0 Å². The molecular weight excluding hydrogens is 230 g/mol. The van der Waals surface area contributed by atoms with E-state index in [0.29, 0.717) is 23.6 Å². The van der Waals surface area contributed by atoms with Gasteiger partial charge in [0.05, 0.1) is 6.33 Å². The Kier molecular flexibility index (Phi) is 3.00. The predicted octanol–water partition coefficient (Wildman–Crippen LogP) is 2.11. The highest BCUT2D eigenvalue weighted by molar-refractivity contribution is 5.76. The van der Waals surface area contributed by atoms with Crippen LogP contribution in [0.25, 0.3) is 11.2 Å². The first-order valence-corrected chi connectivity index (χ1v) is 6.48. The number of anilines is 1. The van der Waals surface area contributed by atoms with Crippen molar-refractivity contribution in [3.63, 3.8) is 0 Å². The maximum Gasteiger partial charge on any atom is 0.245 e. The van der Waals surface area contributed by atoms with Gasteiger partial charge in [0.1, 0.15) is 11.6 Å². The molecule has 2 heterocycles. The molecule has 2 N–H and O–H groups in total. The monoisotopic (exact) mass is 247 g/mol. The summed E-state index contributed by atoms with van der Waals surface area (Å²) in [5, 5.41) is 3.17. The normalized spacial score (nSPS) is 15.6. The number of aromatic amines is 1. The van der Waals surface area contributed by atoms with Crippen molar-refractivity contribution in [1.29, 1.82) is 0 Å². The fourth-order valence-electron chi connectivity index (χ4n) is 1.85. The number of fused-ring (bicyclic) bond motifs is 1. The molecule has 3 rings (SSSR count). The lowest BCUT2D eigenvalue weighted by molar-refractivity contribution is 0.116. The van der Waals surface area contributed by atoms with Crippen LogP contribution in [-0.4, -0.2) is 32.6 Å². The molecule has 6 heteroatoms. The minimum absolute atomic E-state index is 0.297. The Hall–Kier alpha value is -1.85. The summed E-state index contributed by atoms with van der Waals surface area (Å²) in [6.07, 6.45) is 6.40. The highest BCUT2D eigenvalue weighted by Gasteiger charge is 2.22. The van der Waals surface area contributed by atoms with Crippen LogP contribution in [0, 0.1) is 0 Å². The third kappa shape index (κ3) is 2.10. The van der Waals surface area contributed by atoms with Gasteiger partial charge in [-0.1, -0.05) is 6.92 Å². The predicted molar refractivity (Wildman–Crippen MR) is 68.7 cm³/mol. The average molecular weight is 247 g/mol. The number of rotatable bonds is 5. The molecule has 96 valence electrons. The molecule has 1 saturated carbocycles. The summed E-state index contributed by atoms with van der Waals surface area (Å²) in [6, 6.07) is 0. The molecule has 0 saturated heterocycles. The molecule has 1 aliphatic carbocycles. The molecule has 18 heavy (non-hydrogen) atoms. The van der Waals surface area contributed by atoms with Gasteiger partial charge in [-0.2, -0.15) is 9.97 Å². The number of nitrogens with zero attached hydrogens (tertiary/aromatic N) is 3. The third-order valence-corrected chi connectivity index (χ3v) is 3.12. The number of ether oxygens (including phenoxy) is 1. The molecule has 2 aromatic rings. The highest BCUT2D eigenvalue weighted by atomic mass is 16.5. The van der Waals surface area contributed by atoms with E-state index >= 15 is 0 Å². The van der Waals surface area contributed by atoms with Crippen LogP contribution in [0.15, 0.2) is 6.33 Å². The number of aromatic nitrogens is 4. The van der Waals surface area contributed by atoms with E-state index in [4.69, 9.17) is 4.74 Å². The Morgan fingerprint density at radius 2 is 2.33 bits per heavy atom. The molecule has 0 spiro atoms. The maximum atomic E-state index is 5.88. The first-order chi connectivity index (χ1) is 8.86. The van der Waals surface area contributed by atoms with E-state index < -0.39 is 0 Å². The lowest BCUT2D eigenvalue weighted by Gasteiger charge is -2.25. The number of hydrogen-bond acceptors (Lipinski definition) is 5. The van der Waals surface area contributed by atoms with Crippen molar-refractivity contribution >= 4 is 17.1 Å². The zero-order chi connectivity index (χ0) is 12.4. The summed E-state index contributed by atoms with van der Waals surface area (Å²) >= 11 is 0. The van der Waals surface area contributed by atoms with Crippen molar-refractivity contribution in [2.24, 2.45) is 0 Å². The van der Waals surface area contributed by atoms with Crippen molar-refractivity contribution < 1.29 is 4.74 Å². The molecule has 0 atom stereocenters. The second-order valence-corrected chi connectivity index (χ2v) is 4.55. The van der Waals surface area contributed by atoms with Gasteiger partial charge < -0.3 is 15.0 Å². The molecule has 0 aliphatic heterocycles. The largest absolute Gasteiger partial charge is 0.473 e. The van der Waals surface area contributed by atoms with Crippen molar-refractivity contribution in [2.45, 2.75) is 38.7 Å². The van der Waals surface area contributed by atoms with Crippen molar-refractivity contribution in [1.82, 2.24) is 19.9 Å². The highest BCUT2D eigenvalue weighted by Crippen LogP contribution is 2.28. The van der Waals surface area contributed by atoms with Crippen LogP contribution < -0.4 is 10.1 Å². The van der Waals surface area contributed by atoms with E-state index in [1.807, 2.05) is 0 Å². The van der Waals surface area contributed by atoms with Gasteiger partial charge in [-0.05, 0) is 25.7 Å². The summed E-state index contributed by atoms with van der Waals surface area (Å²) in [6.45, 7) is 2.95. The molecule has 6 nitrogen and oxygen atoms in total. The van der Waals surface area contributed by atoms with E-state index in [9.17, 15) is 0 Å². The van der Waals surface area contributed by atoms with E-state index in [2.05, 4.69) is 32.2 Å². The topological polar surface area (TPSA) is 75.7 Å². The maximum absolute atomic E-state index is 5.88. The Morgan fingerprint density at radius 3 is 3.06 bits per heavy atom. The number of hydrogen-bond donors (Lipinski definition) is 2. The molecule has 1 fully saturated rings. The van der Waals surface area contributed by atoms with Crippen molar-refractivity contribution in [3.05, 3.63) is 6.33 Å². The molecule has 0 amide bonds. The fraction of sp³-hybridized carbons (Fsp3) is 0.583. The summed E-state index contributed by atoms with van der Waals surface area (Å²) < 4.78 is 5.88. The molecule has 0 radical (unpaired) electrons. The van der Waals surface area contributed by atoms with E-state index in [1.54, 1.807) is 6.33 Å². The minimum Gasteiger partial charge on any atom is -0.473 e. The molecule has 0 unspecified atom stereocenters. The smallest absolute Gasteiger partial charge is 0.245 e. The summed E-state index contributed by atoms with van der Waals surface area (Å²) in [5.74, 6) is 1.20. The van der Waals surface area contributed by atoms with E-state index in [0.717, 1.165) is 31.3 Å². The van der Waals surface area contributed by atoms with Crippen LogP contribution in [0.4, 0.5) is 5.95 Å².